The van der Waals surface area contributed by atoms with Crippen LogP contribution in [0.4, 0.5) is 0 Å². The number of aliphatic hydroxyl groups excluding tert-OH is 4. The lowest BCUT2D eigenvalue weighted by Gasteiger charge is -2.39. The molecule has 0 radical (unpaired) electrons. The van der Waals surface area contributed by atoms with Crippen molar-refractivity contribution in [2.24, 2.45) is 0 Å². The van der Waals surface area contributed by atoms with Gasteiger partial charge in [-0.3, -0.25) is 0 Å². The van der Waals surface area contributed by atoms with E-state index >= 15 is 0 Å². The zero-order valence-electron chi connectivity index (χ0n) is 13.9. The van der Waals surface area contributed by atoms with Crippen molar-refractivity contribution in [3.8, 4) is 5.75 Å². The number of benzene rings is 3. The molecule has 6 nitrogen and oxygen atoms in total. The summed E-state index contributed by atoms with van der Waals surface area (Å²) >= 11 is 0. The van der Waals surface area contributed by atoms with Crippen LogP contribution in [-0.2, 0) is 4.74 Å². The predicted octanol–water partition coefficient (Wildman–Crippen LogP) is 1.17. The Morgan fingerprint density at radius 3 is 2.27 bits per heavy atom. The first-order chi connectivity index (χ1) is 12.6. The van der Waals surface area contributed by atoms with Crippen molar-refractivity contribution in [1.82, 2.24) is 0 Å². The monoisotopic (exact) mass is 356 g/mol. The Kier molecular flexibility index (Phi) is 4.52. The molecule has 0 unspecified atom stereocenters. The molecule has 4 rings (SSSR count). The van der Waals surface area contributed by atoms with Gasteiger partial charge < -0.3 is 29.9 Å². The molecule has 1 aliphatic rings. The van der Waals surface area contributed by atoms with Gasteiger partial charge in [0, 0.05) is 5.39 Å². The molecule has 26 heavy (non-hydrogen) atoms. The zero-order valence-corrected chi connectivity index (χ0v) is 13.9. The van der Waals surface area contributed by atoms with Crippen LogP contribution in [0.15, 0.2) is 54.6 Å². The van der Waals surface area contributed by atoms with Crippen LogP contribution < -0.4 is 4.74 Å². The average Bonchev–Trinajstić information content (AvgIpc) is 2.66. The molecule has 0 aliphatic carbocycles. The molecule has 6 heteroatoms. The summed E-state index contributed by atoms with van der Waals surface area (Å²) in [6.45, 7) is -0.512. The fourth-order valence-electron chi connectivity index (χ4n) is 3.39. The molecule has 0 spiro atoms. The van der Waals surface area contributed by atoms with Crippen LogP contribution in [0.5, 0.6) is 5.75 Å². The molecule has 4 N–H and O–H groups in total. The highest BCUT2D eigenvalue weighted by atomic mass is 16.7. The Balaban J connectivity index is 1.71. The van der Waals surface area contributed by atoms with E-state index in [1.165, 1.54) is 0 Å². The SMILES string of the molecule is OC[C@H]1O[C@@H](O)[C@H](Oc2cccc3cc4ccccc4cc23)[C@@H](O)[C@H]1O. The van der Waals surface area contributed by atoms with Gasteiger partial charge in [0.25, 0.3) is 0 Å². The molecule has 0 bridgehead atoms. The molecule has 3 aromatic rings. The molecular weight excluding hydrogens is 336 g/mol. The second kappa shape index (κ2) is 6.83. The van der Waals surface area contributed by atoms with Gasteiger partial charge in [0.1, 0.15) is 24.1 Å². The minimum absolute atomic E-state index is 0.467. The van der Waals surface area contributed by atoms with Gasteiger partial charge in [0.2, 0.25) is 0 Å². The second-order valence-corrected chi connectivity index (χ2v) is 6.49. The van der Waals surface area contributed by atoms with E-state index in [1.54, 1.807) is 6.07 Å². The maximum Gasteiger partial charge on any atom is 0.195 e. The van der Waals surface area contributed by atoms with Crippen molar-refractivity contribution in [3.05, 3.63) is 54.6 Å². The lowest BCUT2D eigenvalue weighted by molar-refractivity contribution is -0.280. The van der Waals surface area contributed by atoms with E-state index in [2.05, 4.69) is 0 Å². The van der Waals surface area contributed by atoms with Crippen LogP contribution in [0.3, 0.4) is 0 Å². The molecule has 1 saturated heterocycles. The summed E-state index contributed by atoms with van der Waals surface area (Å²) in [7, 11) is 0. The largest absolute Gasteiger partial charge is 0.482 e. The summed E-state index contributed by atoms with van der Waals surface area (Å²) in [6.07, 6.45) is -6.46. The van der Waals surface area contributed by atoms with Crippen LogP contribution in [0.1, 0.15) is 0 Å². The molecule has 0 aromatic heterocycles. The summed E-state index contributed by atoms with van der Waals surface area (Å²) in [5.41, 5.74) is 0. The zero-order chi connectivity index (χ0) is 18.3. The van der Waals surface area contributed by atoms with Gasteiger partial charge in [-0.1, -0.05) is 36.4 Å². The normalized spacial score (nSPS) is 29.2. The highest BCUT2D eigenvalue weighted by molar-refractivity contribution is 6.00. The molecular formula is C20H20O6. The van der Waals surface area contributed by atoms with E-state index < -0.39 is 37.3 Å². The fraction of sp³-hybridized carbons (Fsp3) is 0.300. The van der Waals surface area contributed by atoms with Crippen molar-refractivity contribution in [1.29, 1.82) is 0 Å². The Labute approximate surface area is 149 Å². The second-order valence-electron chi connectivity index (χ2n) is 6.49. The topological polar surface area (TPSA) is 99.4 Å². The number of hydrogen-bond acceptors (Lipinski definition) is 6. The molecule has 1 aliphatic heterocycles. The number of rotatable bonds is 3. The van der Waals surface area contributed by atoms with Crippen molar-refractivity contribution >= 4 is 21.5 Å². The Morgan fingerprint density at radius 1 is 0.846 bits per heavy atom. The van der Waals surface area contributed by atoms with E-state index in [-0.39, 0.29) is 0 Å². The van der Waals surface area contributed by atoms with Gasteiger partial charge >= 0.3 is 0 Å². The number of aliphatic hydroxyl groups is 4. The molecule has 136 valence electrons. The first kappa shape index (κ1) is 17.2. The van der Waals surface area contributed by atoms with Gasteiger partial charge in [-0.05, 0) is 34.4 Å². The third-order valence-corrected chi connectivity index (χ3v) is 4.81. The van der Waals surface area contributed by atoms with Gasteiger partial charge in [0.05, 0.1) is 6.61 Å². The fourth-order valence-corrected chi connectivity index (χ4v) is 3.39. The maximum atomic E-state index is 10.3. The van der Waals surface area contributed by atoms with Crippen molar-refractivity contribution in [2.45, 2.75) is 30.7 Å². The lowest BCUT2D eigenvalue weighted by Crippen LogP contribution is -2.60. The van der Waals surface area contributed by atoms with Gasteiger partial charge in [-0.2, -0.15) is 0 Å². The van der Waals surface area contributed by atoms with E-state index in [4.69, 9.17) is 14.6 Å². The van der Waals surface area contributed by atoms with Crippen LogP contribution in [-0.4, -0.2) is 57.7 Å². The minimum Gasteiger partial charge on any atom is -0.482 e. The van der Waals surface area contributed by atoms with E-state index in [1.807, 2.05) is 48.5 Å². The molecule has 1 fully saturated rings. The summed E-state index contributed by atoms with van der Waals surface area (Å²) < 4.78 is 11.0. The number of hydrogen-bond donors (Lipinski definition) is 4. The third-order valence-electron chi connectivity index (χ3n) is 4.81. The lowest BCUT2D eigenvalue weighted by atomic mass is 9.98. The first-order valence-corrected chi connectivity index (χ1v) is 8.47. The van der Waals surface area contributed by atoms with E-state index in [9.17, 15) is 15.3 Å². The predicted molar refractivity (Wildman–Crippen MR) is 95.8 cm³/mol. The standard InChI is InChI=1S/C20H20O6/c21-10-16-17(22)18(23)19(20(24)26-16)25-15-7-3-6-13-8-11-4-1-2-5-12(11)9-14(13)15/h1-9,16-24H,10H2/t16-,17+,18+,19-,20-/m1/s1. The highest BCUT2D eigenvalue weighted by Crippen LogP contribution is 2.32. The number of fused-ring (bicyclic) bond motifs is 2. The van der Waals surface area contributed by atoms with Crippen molar-refractivity contribution in [3.63, 3.8) is 0 Å². The average molecular weight is 356 g/mol. The van der Waals surface area contributed by atoms with E-state index in [0.29, 0.717) is 5.75 Å². The van der Waals surface area contributed by atoms with Gasteiger partial charge in [0.15, 0.2) is 12.4 Å². The maximum absolute atomic E-state index is 10.3. The summed E-state index contributed by atoms with van der Waals surface area (Å²) in [5, 5.41) is 43.5. The Hall–Kier alpha value is -2.22. The van der Waals surface area contributed by atoms with Crippen molar-refractivity contribution < 1.29 is 29.9 Å². The molecule has 5 atom stereocenters. The molecule has 0 saturated carbocycles. The van der Waals surface area contributed by atoms with Crippen molar-refractivity contribution in [2.75, 3.05) is 6.61 Å². The van der Waals surface area contributed by atoms with Crippen LogP contribution in [0, 0.1) is 0 Å². The molecule has 1 heterocycles. The summed E-state index contributed by atoms with van der Waals surface area (Å²) in [6, 6.07) is 17.5. The van der Waals surface area contributed by atoms with E-state index in [0.717, 1.165) is 21.5 Å². The summed E-state index contributed by atoms with van der Waals surface area (Å²) in [4.78, 5) is 0. The minimum atomic E-state index is -1.47. The molecule has 0 amide bonds. The number of ether oxygens (including phenoxy) is 2. The van der Waals surface area contributed by atoms with Gasteiger partial charge in [-0.25, -0.2) is 0 Å². The Morgan fingerprint density at radius 2 is 1.54 bits per heavy atom. The first-order valence-electron chi connectivity index (χ1n) is 8.47. The van der Waals surface area contributed by atoms with Crippen LogP contribution >= 0.6 is 0 Å². The summed E-state index contributed by atoms with van der Waals surface area (Å²) in [5.74, 6) is 0.467. The smallest absolute Gasteiger partial charge is 0.195 e. The molecule has 3 aromatic carbocycles. The third kappa shape index (κ3) is 2.92. The quantitative estimate of drug-likeness (QED) is 0.526. The highest BCUT2D eigenvalue weighted by Gasteiger charge is 2.45. The van der Waals surface area contributed by atoms with Gasteiger partial charge in [-0.15, -0.1) is 0 Å². The Bertz CT molecular complexity index is 926. The van der Waals surface area contributed by atoms with Crippen LogP contribution in [0.2, 0.25) is 0 Å². The van der Waals surface area contributed by atoms with Crippen LogP contribution in [0.25, 0.3) is 21.5 Å².